The first kappa shape index (κ1) is 12.8. The SMILES string of the molecule is CCOC(=O)c1cnn(C)c1NC(=O)c1ncc[nH]1. The number of nitrogens with one attached hydrogen (secondary N) is 2. The average Bonchev–Trinajstić information content (AvgIpc) is 3.01. The van der Waals surface area contributed by atoms with E-state index in [1.807, 2.05) is 0 Å². The highest BCUT2D eigenvalue weighted by Gasteiger charge is 2.20. The fraction of sp³-hybridized carbons (Fsp3) is 0.273. The van der Waals surface area contributed by atoms with Crippen LogP contribution in [0.4, 0.5) is 5.82 Å². The number of hydrogen-bond acceptors (Lipinski definition) is 5. The summed E-state index contributed by atoms with van der Waals surface area (Å²) in [7, 11) is 1.61. The Hall–Kier alpha value is -2.64. The van der Waals surface area contributed by atoms with Crippen LogP contribution in [0.25, 0.3) is 0 Å². The maximum Gasteiger partial charge on any atom is 0.343 e. The van der Waals surface area contributed by atoms with E-state index in [-0.39, 0.29) is 23.8 Å². The van der Waals surface area contributed by atoms with Gasteiger partial charge in [-0.15, -0.1) is 0 Å². The molecule has 0 aromatic carbocycles. The largest absolute Gasteiger partial charge is 0.462 e. The first-order chi connectivity index (χ1) is 9.13. The third-order valence-corrected chi connectivity index (χ3v) is 2.38. The Morgan fingerprint density at radius 1 is 1.53 bits per heavy atom. The van der Waals surface area contributed by atoms with E-state index in [1.165, 1.54) is 23.3 Å². The summed E-state index contributed by atoms with van der Waals surface area (Å²) < 4.78 is 6.27. The fourth-order valence-electron chi connectivity index (χ4n) is 1.50. The summed E-state index contributed by atoms with van der Waals surface area (Å²) in [6, 6.07) is 0. The summed E-state index contributed by atoms with van der Waals surface area (Å²) in [6.45, 7) is 1.95. The number of anilines is 1. The Bertz CT molecular complexity index is 588. The number of nitrogens with zero attached hydrogens (tertiary/aromatic N) is 3. The number of ether oxygens (including phenoxy) is 1. The number of aromatic nitrogens is 4. The summed E-state index contributed by atoms with van der Waals surface area (Å²) in [5.74, 6) is -0.583. The van der Waals surface area contributed by atoms with Crippen LogP contribution < -0.4 is 5.32 Å². The molecule has 0 unspecified atom stereocenters. The number of H-pyrrole nitrogens is 1. The summed E-state index contributed by atoms with van der Waals surface area (Å²) in [4.78, 5) is 30.1. The molecule has 0 spiro atoms. The van der Waals surface area contributed by atoms with Crippen LogP contribution in [-0.2, 0) is 11.8 Å². The molecule has 0 atom stereocenters. The molecule has 1 amide bonds. The minimum Gasteiger partial charge on any atom is -0.462 e. The van der Waals surface area contributed by atoms with Gasteiger partial charge in [-0.3, -0.25) is 9.48 Å². The zero-order chi connectivity index (χ0) is 13.8. The summed E-state index contributed by atoms with van der Waals surface area (Å²) in [5, 5.41) is 6.49. The predicted octanol–water partition coefficient (Wildman–Crippen LogP) is 0.572. The van der Waals surface area contributed by atoms with Crippen LogP contribution in [0.15, 0.2) is 18.6 Å². The van der Waals surface area contributed by atoms with Gasteiger partial charge in [0.15, 0.2) is 5.82 Å². The second kappa shape index (κ2) is 5.34. The monoisotopic (exact) mass is 263 g/mol. The Labute approximate surface area is 108 Å². The molecule has 100 valence electrons. The maximum absolute atomic E-state index is 11.9. The van der Waals surface area contributed by atoms with Gasteiger partial charge in [0.05, 0.1) is 12.8 Å². The van der Waals surface area contributed by atoms with Crippen LogP contribution in [-0.4, -0.2) is 38.2 Å². The average molecular weight is 263 g/mol. The lowest BCUT2D eigenvalue weighted by atomic mass is 10.3. The molecule has 0 saturated heterocycles. The van der Waals surface area contributed by atoms with E-state index in [1.54, 1.807) is 14.0 Å². The lowest BCUT2D eigenvalue weighted by Gasteiger charge is -2.06. The quantitative estimate of drug-likeness (QED) is 0.785. The topological polar surface area (TPSA) is 102 Å². The fourth-order valence-corrected chi connectivity index (χ4v) is 1.50. The molecule has 2 N–H and O–H groups in total. The molecule has 2 rings (SSSR count). The van der Waals surface area contributed by atoms with Gasteiger partial charge in [0.2, 0.25) is 0 Å². The van der Waals surface area contributed by atoms with Gasteiger partial charge >= 0.3 is 5.97 Å². The summed E-state index contributed by atoms with van der Waals surface area (Å²) in [5.41, 5.74) is 0.198. The van der Waals surface area contributed by atoms with Crippen molar-refractivity contribution >= 4 is 17.7 Å². The Morgan fingerprint density at radius 2 is 2.32 bits per heavy atom. The molecule has 2 aromatic heterocycles. The Balaban J connectivity index is 2.22. The normalized spacial score (nSPS) is 10.2. The summed E-state index contributed by atoms with van der Waals surface area (Å²) in [6.07, 6.45) is 4.34. The predicted molar refractivity (Wildman–Crippen MR) is 65.7 cm³/mol. The van der Waals surface area contributed by atoms with Crippen molar-refractivity contribution in [3.05, 3.63) is 30.0 Å². The Morgan fingerprint density at radius 3 is 2.95 bits per heavy atom. The number of aromatic amines is 1. The van der Waals surface area contributed by atoms with Gasteiger partial charge in [0.1, 0.15) is 11.4 Å². The second-order valence-electron chi connectivity index (χ2n) is 3.64. The molecule has 8 heteroatoms. The molecule has 8 nitrogen and oxygen atoms in total. The molecule has 0 fully saturated rings. The van der Waals surface area contributed by atoms with Crippen molar-refractivity contribution in [1.82, 2.24) is 19.7 Å². The zero-order valence-electron chi connectivity index (χ0n) is 10.5. The van der Waals surface area contributed by atoms with Crippen LogP contribution in [0.3, 0.4) is 0 Å². The third kappa shape index (κ3) is 2.62. The van der Waals surface area contributed by atoms with E-state index in [0.29, 0.717) is 0 Å². The van der Waals surface area contributed by atoms with Gasteiger partial charge in [0, 0.05) is 19.4 Å². The molecule has 2 aromatic rings. The number of rotatable bonds is 4. The van der Waals surface area contributed by atoms with Crippen molar-refractivity contribution in [1.29, 1.82) is 0 Å². The Kier molecular flexibility index (Phi) is 3.60. The van der Waals surface area contributed by atoms with E-state index in [4.69, 9.17) is 4.74 Å². The molecule has 0 radical (unpaired) electrons. The minimum absolute atomic E-state index is 0.149. The van der Waals surface area contributed by atoms with Crippen LogP contribution in [0, 0.1) is 0 Å². The lowest BCUT2D eigenvalue weighted by Crippen LogP contribution is -2.18. The van der Waals surface area contributed by atoms with E-state index in [9.17, 15) is 9.59 Å². The first-order valence-corrected chi connectivity index (χ1v) is 5.63. The number of esters is 1. The molecule has 19 heavy (non-hydrogen) atoms. The molecule has 0 aliphatic rings. The highest BCUT2D eigenvalue weighted by molar-refractivity contribution is 6.05. The number of carbonyl (C=O) groups is 2. The maximum atomic E-state index is 11.9. The van der Waals surface area contributed by atoms with Gasteiger partial charge in [-0.25, -0.2) is 9.78 Å². The van der Waals surface area contributed by atoms with Crippen molar-refractivity contribution < 1.29 is 14.3 Å². The van der Waals surface area contributed by atoms with Crippen molar-refractivity contribution in [3.8, 4) is 0 Å². The van der Waals surface area contributed by atoms with Crippen LogP contribution in [0.2, 0.25) is 0 Å². The molecule has 0 bridgehead atoms. The number of amides is 1. The molecule has 0 aliphatic carbocycles. The second-order valence-corrected chi connectivity index (χ2v) is 3.64. The molecular formula is C11H13N5O3. The van der Waals surface area contributed by atoms with E-state index < -0.39 is 11.9 Å². The van der Waals surface area contributed by atoms with Crippen molar-refractivity contribution in [3.63, 3.8) is 0 Å². The molecule has 0 saturated carbocycles. The van der Waals surface area contributed by atoms with Crippen molar-refractivity contribution in [2.75, 3.05) is 11.9 Å². The smallest absolute Gasteiger partial charge is 0.343 e. The van der Waals surface area contributed by atoms with E-state index in [2.05, 4.69) is 20.4 Å². The number of imidazole rings is 1. The molecule has 0 aliphatic heterocycles. The van der Waals surface area contributed by atoms with Gasteiger partial charge in [-0.2, -0.15) is 5.10 Å². The third-order valence-electron chi connectivity index (χ3n) is 2.38. The van der Waals surface area contributed by atoms with E-state index >= 15 is 0 Å². The molecule has 2 heterocycles. The van der Waals surface area contributed by atoms with Crippen LogP contribution >= 0.6 is 0 Å². The molecular weight excluding hydrogens is 250 g/mol. The van der Waals surface area contributed by atoms with Crippen LogP contribution in [0.1, 0.15) is 27.9 Å². The lowest BCUT2D eigenvalue weighted by molar-refractivity contribution is 0.0527. The number of carbonyl (C=O) groups excluding carboxylic acids is 2. The minimum atomic E-state index is -0.537. The van der Waals surface area contributed by atoms with Gasteiger partial charge in [-0.05, 0) is 6.92 Å². The highest BCUT2D eigenvalue weighted by Crippen LogP contribution is 2.15. The number of aryl methyl sites for hydroxylation is 1. The van der Waals surface area contributed by atoms with Crippen molar-refractivity contribution in [2.24, 2.45) is 7.05 Å². The van der Waals surface area contributed by atoms with Gasteiger partial charge in [0.25, 0.3) is 5.91 Å². The van der Waals surface area contributed by atoms with Gasteiger partial charge in [-0.1, -0.05) is 0 Å². The summed E-state index contributed by atoms with van der Waals surface area (Å²) >= 11 is 0. The van der Waals surface area contributed by atoms with Crippen LogP contribution in [0.5, 0.6) is 0 Å². The van der Waals surface area contributed by atoms with Crippen molar-refractivity contribution in [2.45, 2.75) is 6.92 Å². The zero-order valence-corrected chi connectivity index (χ0v) is 10.5. The first-order valence-electron chi connectivity index (χ1n) is 5.63. The van der Waals surface area contributed by atoms with E-state index in [0.717, 1.165) is 0 Å². The van der Waals surface area contributed by atoms with Gasteiger partial charge < -0.3 is 15.0 Å². The number of hydrogen-bond donors (Lipinski definition) is 2. The standard InChI is InChI=1S/C11H13N5O3/c1-3-19-11(18)7-6-14-16(2)9(7)15-10(17)8-12-4-5-13-8/h4-6H,3H2,1-2H3,(H,12,13)(H,15,17). The highest BCUT2D eigenvalue weighted by atomic mass is 16.5.